The van der Waals surface area contributed by atoms with Crippen molar-refractivity contribution in [1.82, 2.24) is 14.9 Å². The van der Waals surface area contributed by atoms with Crippen molar-refractivity contribution < 1.29 is 4.79 Å². The number of hydrogen-bond donors (Lipinski definition) is 0. The van der Waals surface area contributed by atoms with Crippen LogP contribution >= 0.6 is 0 Å². The summed E-state index contributed by atoms with van der Waals surface area (Å²) in [6.07, 6.45) is 4.85. The molecule has 0 radical (unpaired) electrons. The van der Waals surface area contributed by atoms with E-state index in [0.29, 0.717) is 18.9 Å². The molecule has 1 saturated heterocycles. The predicted molar refractivity (Wildman–Crippen MR) is 135 cm³/mol. The molecule has 0 spiro atoms. The Labute approximate surface area is 199 Å². The molecule has 2 aromatic rings. The molecule has 0 saturated carbocycles. The summed E-state index contributed by atoms with van der Waals surface area (Å²) >= 11 is 0. The molecule has 0 N–H and O–H groups in total. The number of carbonyl (C=O) groups excluding carboxylic acids is 1. The second-order valence-electron chi connectivity index (χ2n) is 11.5. The molecule has 178 valence electrons. The Bertz CT molecular complexity index is 958. The highest BCUT2D eigenvalue weighted by molar-refractivity contribution is 5.77. The van der Waals surface area contributed by atoms with E-state index < -0.39 is 0 Å². The highest BCUT2D eigenvalue weighted by Crippen LogP contribution is 2.33. The number of piperidine rings is 1. The molecule has 1 unspecified atom stereocenters. The maximum Gasteiger partial charge on any atom is 0.223 e. The lowest BCUT2D eigenvalue weighted by Crippen LogP contribution is -2.40. The zero-order valence-electron chi connectivity index (χ0n) is 21.1. The van der Waals surface area contributed by atoms with Crippen molar-refractivity contribution in [2.45, 2.75) is 73.3 Å². The maximum absolute atomic E-state index is 13.2. The van der Waals surface area contributed by atoms with Crippen LogP contribution in [0.3, 0.4) is 0 Å². The third-order valence-corrected chi connectivity index (χ3v) is 6.99. The molecule has 2 aliphatic heterocycles. The van der Waals surface area contributed by atoms with E-state index in [4.69, 9.17) is 9.97 Å². The lowest BCUT2D eigenvalue weighted by molar-refractivity contribution is -0.133. The normalized spacial score (nSPS) is 18.2. The van der Waals surface area contributed by atoms with Crippen molar-refractivity contribution in [2.75, 3.05) is 24.5 Å². The minimum atomic E-state index is 0.244. The summed E-state index contributed by atoms with van der Waals surface area (Å²) in [6.45, 7) is 14.7. The average molecular weight is 449 g/mol. The minimum absolute atomic E-state index is 0.244. The smallest absolute Gasteiger partial charge is 0.223 e. The molecule has 1 fully saturated rings. The molecule has 0 bridgehead atoms. The van der Waals surface area contributed by atoms with Gasteiger partial charge in [-0.25, -0.2) is 9.97 Å². The van der Waals surface area contributed by atoms with Crippen LogP contribution in [-0.4, -0.2) is 40.4 Å². The fraction of sp³-hybridized carbons (Fsp3) is 0.607. The van der Waals surface area contributed by atoms with E-state index in [9.17, 15) is 4.79 Å². The number of aromatic nitrogens is 2. The standard InChI is InChI=1S/C28H40N4O/c1-20-11-14-31(15-12-20)27-23-19-32(25(33)17-21(2)18-28(3,4)5)16-13-24(23)29-26(30-27)22-9-7-6-8-10-22/h6-10,20-21H,11-19H2,1-5H3. The first kappa shape index (κ1) is 23.7. The van der Waals surface area contributed by atoms with E-state index >= 15 is 0 Å². The van der Waals surface area contributed by atoms with Gasteiger partial charge in [0.05, 0.1) is 12.2 Å². The number of rotatable bonds is 5. The van der Waals surface area contributed by atoms with Crippen LogP contribution in [0.5, 0.6) is 0 Å². The third-order valence-electron chi connectivity index (χ3n) is 6.99. The molecule has 2 aliphatic rings. The van der Waals surface area contributed by atoms with Gasteiger partial charge in [-0.05, 0) is 36.5 Å². The summed E-state index contributed by atoms with van der Waals surface area (Å²) in [5.41, 5.74) is 3.58. The average Bonchev–Trinajstić information content (AvgIpc) is 2.78. The summed E-state index contributed by atoms with van der Waals surface area (Å²) in [7, 11) is 0. The van der Waals surface area contributed by atoms with Gasteiger partial charge in [0.2, 0.25) is 5.91 Å². The largest absolute Gasteiger partial charge is 0.356 e. The zero-order chi connectivity index (χ0) is 23.6. The molecule has 1 atom stereocenters. The summed E-state index contributed by atoms with van der Waals surface area (Å²) in [6, 6.07) is 10.3. The molecule has 1 amide bonds. The van der Waals surface area contributed by atoms with Crippen LogP contribution < -0.4 is 4.90 Å². The van der Waals surface area contributed by atoms with E-state index in [2.05, 4.69) is 51.7 Å². The van der Waals surface area contributed by atoms with Crippen molar-refractivity contribution in [3.63, 3.8) is 0 Å². The van der Waals surface area contributed by atoms with Gasteiger partial charge in [-0.1, -0.05) is 65.0 Å². The first-order valence-corrected chi connectivity index (χ1v) is 12.7. The van der Waals surface area contributed by atoms with Gasteiger partial charge in [0.1, 0.15) is 5.82 Å². The number of carbonyl (C=O) groups is 1. The molecular weight excluding hydrogens is 408 g/mol. The molecule has 5 nitrogen and oxygen atoms in total. The summed E-state index contributed by atoms with van der Waals surface area (Å²) in [4.78, 5) is 27.7. The van der Waals surface area contributed by atoms with Crippen molar-refractivity contribution in [3.05, 3.63) is 41.6 Å². The lowest BCUT2D eigenvalue weighted by Gasteiger charge is -2.36. The Morgan fingerprint density at radius 2 is 1.79 bits per heavy atom. The molecule has 5 heteroatoms. The molecule has 33 heavy (non-hydrogen) atoms. The van der Waals surface area contributed by atoms with Gasteiger partial charge in [0.15, 0.2) is 5.82 Å². The van der Waals surface area contributed by atoms with Crippen molar-refractivity contribution >= 4 is 11.7 Å². The monoisotopic (exact) mass is 448 g/mol. The number of nitrogens with zero attached hydrogens (tertiary/aromatic N) is 4. The second-order valence-corrected chi connectivity index (χ2v) is 11.5. The van der Waals surface area contributed by atoms with Crippen LogP contribution in [-0.2, 0) is 17.8 Å². The van der Waals surface area contributed by atoms with Gasteiger partial charge >= 0.3 is 0 Å². The Hall–Kier alpha value is -2.43. The number of hydrogen-bond acceptors (Lipinski definition) is 4. The molecular formula is C28H40N4O. The van der Waals surface area contributed by atoms with Gasteiger partial charge in [-0.3, -0.25) is 4.79 Å². The van der Waals surface area contributed by atoms with Crippen LogP contribution in [0.4, 0.5) is 5.82 Å². The molecule has 0 aliphatic carbocycles. The third kappa shape index (κ3) is 5.93. The highest BCUT2D eigenvalue weighted by Gasteiger charge is 2.30. The number of fused-ring (bicyclic) bond motifs is 1. The van der Waals surface area contributed by atoms with Crippen LogP contribution in [0, 0.1) is 17.3 Å². The fourth-order valence-corrected chi connectivity index (χ4v) is 5.35. The topological polar surface area (TPSA) is 49.3 Å². The van der Waals surface area contributed by atoms with E-state index in [-0.39, 0.29) is 11.3 Å². The van der Waals surface area contributed by atoms with Crippen molar-refractivity contribution in [1.29, 1.82) is 0 Å². The van der Waals surface area contributed by atoms with Gasteiger partial charge < -0.3 is 9.80 Å². The highest BCUT2D eigenvalue weighted by atomic mass is 16.2. The van der Waals surface area contributed by atoms with Gasteiger partial charge in [0.25, 0.3) is 0 Å². The molecule has 3 heterocycles. The lowest BCUT2D eigenvalue weighted by atomic mass is 9.84. The van der Waals surface area contributed by atoms with E-state index in [1.54, 1.807) is 0 Å². The minimum Gasteiger partial charge on any atom is -0.356 e. The Morgan fingerprint density at radius 1 is 1.09 bits per heavy atom. The second kappa shape index (κ2) is 9.82. The number of benzene rings is 1. The summed E-state index contributed by atoms with van der Waals surface area (Å²) < 4.78 is 0. The van der Waals surface area contributed by atoms with Crippen LogP contribution in [0.1, 0.15) is 71.6 Å². The summed E-state index contributed by atoms with van der Waals surface area (Å²) in [5.74, 6) is 3.27. The Balaban J connectivity index is 1.60. The van der Waals surface area contributed by atoms with Crippen LogP contribution in [0.2, 0.25) is 0 Å². The first-order valence-electron chi connectivity index (χ1n) is 12.7. The van der Waals surface area contributed by atoms with Crippen LogP contribution in [0.25, 0.3) is 11.4 Å². The number of amides is 1. The zero-order valence-corrected chi connectivity index (χ0v) is 21.1. The van der Waals surface area contributed by atoms with E-state index in [1.807, 2.05) is 23.1 Å². The van der Waals surface area contributed by atoms with Gasteiger partial charge in [-0.2, -0.15) is 0 Å². The molecule has 1 aromatic heterocycles. The van der Waals surface area contributed by atoms with Crippen LogP contribution in [0.15, 0.2) is 30.3 Å². The van der Waals surface area contributed by atoms with E-state index in [1.165, 1.54) is 12.8 Å². The SMILES string of the molecule is CC1CCN(c2nc(-c3ccccc3)nc3c2CN(C(=O)CC(C)CC(C)(C)C)CC3)CC1. The predicted octanol–water partition coefficient (Wildman–Crippen LogP) is 5.73. The quantitative estimate of drug-likeness (QED) is 0.586. The Morgan fingerprint density at radius 3 is 2.45 bits per heavy atom. The first-order chi connectivity index (χ1) is 15.7. The van der Waals surface area contributed by atoms with Gasteiger partial charge in [0, 0.05) is 43.6 Å². The molecule has 4 rings (SSSR count). The fourth-order valence-electron chi connectivity index (χ4n) is 5.35. The summed E-state index contributed by atoms with van der Waals surface area (Å²) in [5, 5.41) is 0. The Kier molecular flexibility index (Phi) is 7.06. The number of anilines is 1. The molecule has 1 aromatic carbocycles. The van der Waals surface area contributed by atoms with Gasteiger partial charge in [-0.15, -0.1) is 0 Å². The van der Waals surface area contributed by atoms with E-state index in [0.717, 1.165) is 66.9 Å². The van der Waals surface area contributed by atoms with Crippen molar-refractivity contribution in [2.24, 2.45) is 17.3 Å². The van der Waals surface area contributed by atoms with Crippen molar-refractivity contribution in [3.8, 4) is 11.4 Å². The maximum atomic E-state index is 13.2.